The van der Waals surface area contributed by atoms with Gasteiger partial charge in [0, 0.05) is 29.5 Å². The van der Waals surface area contributed by atoms with Gasteiger partial charge in [-0.1, -0.05) is 97.1 Å². The summed E-state index contributed by atoms with van der Waals surface area (Å²) in [6, 6.07) is 29.9. The Bertz CT molecular complexity index is 1070. The Labute approximate surface area is 183 Å². The number of Topliss-reactive ketones (excluding diaryl/α,β-unsaturated/α-hetero) is 1. The molecule has 0 spiro atoms. The van der Waals surface area contributed by atoms with Crippen molar-refractivity contribution in [2.75, 3.05) is 6.54 Å². The first-order chi connectivity index (χ1) is 15.2. The van der Waals surface area contributed by atoms with Crippen LogP contribution in [0.1, 0.15) is 27.9 Å². The SMILES string of the molecule is C=C[C@@H]1[C@@H](C(=O)c2ccccc2)C(=O)N2CC(c3ccccc3)(c3ccccc3)C[C@@H]12. The van der Waals surface area contributed by atoms with E-state index in [4.69, 9.17) is 0 Å². The van der Waals surface area contributed by atoms with Gasteiger partial charge in [0.1, 0.15) is 5.92 Å². The van der Waals surface area contributed by atoms with Gasteiger partial charge < -0.3 is 4.90 Å². The van der Waals surface area contributed by atoms with Crippen LogP contribution in [0.4, 0.5) is 0 Å². The van der Waals surface area contributed by atoms with Crippen LogP contribution in [0.5, 0.6) is 0 Å². The third-order valence-electron chi connectivity index (χ3n) is 7.04. The van der Waals surface area contributed by atoms with E-state index in [2.05, 4.69) is 55.1 Å². The third kappa shape index (κ3) is 3.04. The number of benzene rings is 3. The fourth-order valence-electron chi connectivity index (χ4n) is 5.55. The van der Waals surface area contributed by atoms with Crippen LogP contribution < -0.4 is 0 Å². The summed E-state index contributed by atoms with van der Waals surface area (Å²) in [5.74, 6) is -1.06. The molecular formula is C28H25NO2. The molecule has 3 nitrogen and oxygen atoms in total. The molecule has 2 aliphatic heterocycles. The zero-order valence-corrected chi connectivity index (χ0v) is 17.4. The van der Waals surface area contributed by atoms with E-state index in [1.165, 1.54) is 11.1 Å². The van der Waals surface area contributed by atoms with E-state index in [0.717, 1.165) is 6.42 Å². The molecule has 2 saturated heterocycles. The lowest BCUT2D eigenvalue weighted by molar-refractivity contribution is -0.130. The Kier molecular flexibility index (Phi) is 4.82. The Morgan fingerprint density at radius 1 is 0.871 bits per heavy atom. The van der Waals surface area contributed by atoms with Crippen molar-refractivity contribution >= 4 is 11.7 Å². The minimum absolute atomic E-state index is 0.0388. The number of amides is 1. The highest BCUT2D eigenvalue weighted by Crippen LogP contribution is 2.50. The molecule has 0 aliphatic carbocycles. The Balaban J connectivity index is 1.55. The fraction of sp³-hybridized carbons (Fsp3) is 0.214. The van der Waals surface area contributed by atoms with Crippen molar-refractivity contribution in [1.82, 2.24) is 4.90 Å². The van der Waals surface area contributed by atoms with Crippen molar-refractivity contribution in [1.29, 1.82) is 0 Å². The average Bonchev–Trinajstić information content (AvgIpc) is 3.35. The largest absolute Gasteiger partial charge is 0.337 e. The van der Waals surface area contributed by atoms with E-state index in [1.807, 2.05) is 41.3 Å². The fourth-order valence-corrected chi connectivity index (χ4v) is 5.55. The predicted octanol–water partition coefficient (Wildman–Crippen LogP) is 4.89. The van der Waals surface area contributed by atoms with E-state index < -0.39 is 5.92 Å². The highest BCUT2D eigenvalue weighted by molar-refractivity contribution is 6.11. The maximum atomic E-state index is 13.6. The van der Waals surface area contributed by atoms with Crippen molar-refractivity contribution < 1.29 is 9.59 Å². The molecule has 154 valence electrons. The van der Waals surface area contributed by atoms with Gasteiger partial charge in [-0.3, -0.25) is 9.59 Å². The highest BCUT2D eigenvalue weighted by Gasteiger charge is 2.58. The molecule has 3 aromatic carbocycles. The van der Waals surface area contributed by atoms with E-state index in [0.29, 0.717) is 12.1 Å². The first-order valence-electron chi connectivity index (χ1n) is 10.8. The number of hydrogen-bond donors (Lipinski definition) is 0. The van der Waals surface area contributed by atoms with Crippen LogP contribution in [0, 0.1) is 11.8 Å². The number of carbonyl (C=O) groups is 2. The van der Waals surface area contributed by atoms with Crippen LogP contribution >= 0.6 is 0 Å². The summed E-state index contributed by atoms with van der Waals surface area (Å²) in [6.45, 7) is 4.60. The smallest absolute Gasteiger partial charge is 0.234 e. The summed E-state index contributed by atoms with van der Waals surface area (Å²) in [4.78, 5) is 28.8. The van der Waals surface area contributed by atoms with E-state index in [1.54, 1.807) is 12.1 Å². The second-order valence-corrected chi connectivity index (χ2v) is 8.57. The van der Waals surface area contributed by atoms with Gasteiger partial charge in [0.25, 0.3) is 0 Å². The van der Waals surface area contributed by atoms with Crippen LogP contribution in [0.25, 0.3) is 0 Å². The molecule has 2 fully saturated rings. The van der Waals surface area contributed by atoms with Gasteiger partial charge in [-0.25, -0.2) is 0 Å². The molecule has 0 unspecified atom stereocenters. The monoisotopic (exact) mass is 407 g/mol. The number of nitrogens with zero attached hydrogens (tertiary/aromatic N) is 1. The Hall–Kier alpha value is -3.46. The van der Waals surface area contributed by atoms with Crippen molar-refractivity contribution in [3.05, 3.63) is 120 Å². The Morgan fingerprint density at radius 3 is 1.90 bits per heavy atom. The molecule has 3 heteroatoms. The molecule has 31 heavy (non-hydrogen) atoms. The van der Waals surface area contributed by atoms with Gasteiger partial charge in [-0.15, -0.1) is 6.58 Å². The van der Waals surface area contributed by atoms with Gasteiger partial charge >= 0.3 is 0 Å². The summed E-state index contributed by atoms with van der Waals surface area (Å²) < 4.78 is 0. The molecular weight excluding hydrogens is 382 g/mol. The van der Waals surface area contributed by atoms with Gasteiger partial charge in [0.05, 0.1) is 0 Å². The van der Waals surface area contributed by atoms with Crippen LogP contribution in [-0.4, -0.2) is 29.2 Å². The second kappa shape index (κ2) is 7.66. The maximum absolute atomic E-state index is 13.6. The van der Waals surface area contributed by atoms with Gasteiger partial charge in [-0.2, -0.15) is 0 Å². The number of carbonyl (C=O) groups excluding carboxylic acids is 2. The van der Waals surface area contributed by atoms with E-state index >= 15 is 0 Å². The number of rotatable bonds is 5. The van der Waals surface area contributed by atoms with Gasteiger partial charge in [0.15, 0.2) is 5.78 Å². The zero-order valence-electron chi connectivity index (χ0n) is 17.4. The van der Waals surface area contributed by atoms with Gasteiger partial charge in [-0.05, 0) is 17.5 Å². The van der Waals surface area contributed by atoms with Crippen molar-refractivity contribution in [3.8, 4) is 0 Å². The topological polar surface area (TPSA) is 37.4 Å². The first-order valence-corrected chi connectivity index (χ1v) is 10.8. The lowest BCUT2D eigenvalue weighted by Crippen LogP contribution is -2.37. The molecule has 3 aromatic rings. The average molecular weight is 408 g/mol. The molecule has 0 N–H and O–H groups in total. The first kappa shape index (κ1) is 19.5. The second-order valence-electron chi connectivity index (χ2n) is 8.57. The standard InChI is InChI=1S/C28H25NO2/c1-2-23-24-18-28(21-14-8-4-9-15-21,22-16-10-5-11-17-22)19-29(24)27(31)25(23)26(30)20-12-6-3-7-13-20/h2-17,23-25H,1,18-19H2/t23-,24-,25-/m0/s1. The molecule has 0 aromatic heterocycles. The molecule has 0 bridgehead atoms. The van der Waals surface area contributed by atoms with Crippen molar-refractivity contribution in [2.24, 2.45) is 11.8 Å². The van der Waals surface area contributed by atoms with Crippen LogP contribution in [0.3, 0.4) is 0 Å². The minimum atomic E-state index is -0.686. The predicted molar refractivity (Wildman–Crippen MR) is 122 cm³/mol. The summed E-state index contributed by atoms with van der Waals surface area (Å²) >= 11 is 0. The molecule has 0 radical (unpaired) electrons. The summed E-state index contributed by atoms with van der Waals surface area (Å²) in [5.41, 5.74) is 2.71. The van der Waals surface area contributed by atoms with Crippen LogP contribution in [-0.2, 0) is 10.2 Å². The van der Waals surface area contributed by atoms with E-state index in [-0.39, 0.29) is 29.1 Å². The minimum Gasteiger partial charge on any atom is -0.337 e. The summed E-state index contributed by atoms with van der Waals surface area (Å²) in [5, 5.41) is 0. The Morgan fingerprint density at radius 2 is 1.39 bits per heavy atom. The normalized spacial score (nSPS) is 24.1. The number of fused-ring (bicyclic) bond motifs is 1. The molecule has 2 heterocycles. The lowest BCUT2D eigenvalue weighted by Gasteiger charge is -2.32. The molecule has 3 atom stereocenters. The maximum Gasteiger partial charge on any atom is 0.234 e. The number of hydrogen-bond acceptors (Lipinski definition) is 2. The summed E-state index contributed by atoms with van der Waals surface area (Å²) in [6.07, 6.45) is 2.60. The number of ketones is 1. The lowest BCUT2D eigenvalue weighted by atomic mass is 9.70. The van der Waals surface area contributed by atoms with Crippen molar-refractivity contribution in [3.63, 3.8) is 0 Å². The summed E-state index contributed by atoms with van der Waals surface area (Å²) in [7, 11) is 0. The highest BCUT2D eigenvalue weighted by atomic mass is 16.2. The molecule has 2 aliphatic rings. The van der Waals surface area contributed by atoms with Crippen LogP contribution in [0.15, 0.2) is 104 Å². The zero-order chi connectivity index (χ0) is 21.4. The molecule has 5 rings (SSSR count). The van der Waals surface area contributed by atoms with Crippen LogP contribution in [0.2, 0.25) is 0 Å². The molecule has 0 saturated carbocycles. The quantitative estimate of drug-likeness (QED) is 0.343. The third-order valence-corrected chi connectivity index (χ3v) is 7.04. The van der Waals surface area contributed by atoms with Crippen molar-refractivity contribution in [2.45, 2.75) is 17.9 Å². The van der Waals surface area contributed by atoms with E-state index in [9.17, 15) is 9.59 Å². The molecule has 1 amide bonds. The van der Waals surface area contributed by atoms with Gasteiger partial charge in [0.2, 0.25) is 5.91 Å².